The van der Waals surface area contributed by atoms with E-state index in [-0.39, 0.29) is 17.4 Å². The molecule has 3 heterocycles. The minimum atomic E-state index is -0.0361. The molecule has 2 fully saturated rings. The van der Waals surface area contributed by atoms with E-state index in [0.717, 1.165) is 32.5 Å². The van der Waals surface area contributed by atoms with E-state index in [0.29, 0.717) is 18.6 Å². The summed E-state index contributed by atoms with van der Waals surface area (Å²) in [6.45, 7) is 5.93. The third kappa shape index (κ3) is 5.63. The van der Waals surface area contributed by atoms with E-state index in [1.807, 2.05) is 12.3 Å². The van der Waals surface area contributed by atoms with Crippen LogP contribution in [0.5, 0.6) is 11.5 Å². The van der Waals surface area contributed by atoms with Crippen LogP contribution >= 0.6 is 0 Å². The number of likely N-dealkylation sites (tertiary alicyclic amines) is 2. The molecule has 6 nitrogen and oxygen atoms in total. The molecule has 0 unspecified atom stereocenters. The van der Waals surface area contributed by atoms with Crippen molar-refractivity contribution in [3.63, 3.8) is 0 Å². The molecule has 1 aromatic heterocycles. The molecule has 0 radical (unpaired) electrons. The number of nitrogens with zero attached hydrogens (tertiary/aromatic N) is 3. The van der Waals surface area contributed by atoms with Crippen molar-refractivity contribution in [1.29, 1.82) is 0 Å². The normalized spacial score (nSPS) is 20.1. The van der Waals surface area contributed by atoms with E-state index in [2.05, 4.69) is 15.9 Å². The molecular formula is C25H33N3O3. The Balaban J connectivity index is 1.40. The molecule has 0 aliphatic carbocycles. The third-order valence-corrected chi connectivity index (χ3v) is 6.56. The van der Waals surface area contributed by atoms with E-state index in [9.17, 15) is 9.90 Å². The van der Waals surface area contributed by atoms with Gasteiger partial charge in [0.15, 0.2) is 6.29 Å². The molecule has 166 valence electrons. The van der Waals surface area contributed by atoms with Gasteiger partial charge < -0.3 is 14.7 Å². The Labute approximate surface area is 184 Å². The van der Waals surface area contributed by atoms with Crippen molar-refractivity contribution < 1.29 is 14.6 Å². The number of hydrogen-bond donors (Lipinski definition) is 1. The van der Waals surface area contributed by atoms with Gasteiger partial charge in [0.05, 0.1) is 5.56 Å². The monoisotopic (exact) mass is 423 g/mol. The summed E-state index contributed by atoms with van der Waals surface area (Å²) in [5.41, 5.74) is 2.73. The Morgan fingerprint density at radius 3 is 2.77 bits per heavy atom. The van der Waals surface area contributed by atoms with E-state index in [1.165, 1.54) is 56.1 Å². The van der Waals surface area contributed by atoms with Gasteiger partial charge >= 0.3 is 0 Å². The fraction of sp³-hybridized carbons (Fsp3) is 0.520. The zero-order valence-corrected chi connectivity index (χ0v) is 18.2. The highest BCUT2D eigenvalue weighted by atomic mass is 16.5. The zero-order valence-electron chi connectivity index (χ0n) is 18.2. The van der Waals surface area contributed by atoms with E-state index in [1.54, 1.807) is 12.1 Å². The summed E-state index contributed by atoms with van der Waals surface area (Å²) in [5.74, 6) is 0.416. The maximum atomic E-state index is 11.3. The number of pyridine rings is 1. The molecule has 1 N–H and O–H groups in total. The second-order valence-electron chi connectivity index (χ2n) is 8.65. The number of hydrogen-bond acceptors (Lipinski definition) is 6. The average Bonchev–Trinajstić information content (AvgIpc) is 3.32. The van der Waals surface area contributed by atoms with Crippen LogP contribution in [0, 0.1) is 0 Å². The quantitative estimate of drug-likeness (QED) is 0.621. The van der Waals surface area contributed by atoms with E-state index >= 15 is 0 Å². The number of phenolic OH excluding ortho intramolecular Hbond substituents is 1. The third-order valence-electron chi connectivity index (χ3n) is 6.56. The van der Waals surface area contributed by atoms with Crippen molar-refractivity contribution in [2.75, 3.05) is 32.8 Å². The Bertz CT molecular complexity index is 867. The summed E-state index contributed by atoms with van der Waals surface area (Å²) < 4.78 is 6.01. The van der Waals surface area contributed by atoms with Gasteiger partial charge in [-0.25, -0.2) is 0 Å². The summed E-state index contributed by atoms with van der Waals surface area (Å²) in [7, 11) is 0. The standard InChI is InChI=1S/C25H33N3O3/c29-18-22-24(30)9-5-10-25(22)31-19-21-8-1-2-15-28(21)17-20-7-6-12-26-23(20)11-16-27-13-3-4-14-27/h5-7,9-10,12,18,21,30H,1-4,8,11,13-17,19H2/t21-/m0/s1. The number of piperidine rings is 1. The number of ether oxygens (including phenoxy) is 1. The number of aldehydes is 1. The number of aromatic nitrogens is 1. The number of rotatable bonds is 9. The summed E-state index contributed by atoms with van der Waals surface area (Å²) >= 11 is 0. The predicted octanol–water partition coefficient (Wildman–Crippen LogP) is 3.67. The molecule has 2 aliphatic heterocycles. The second kappa shape index (κ2) is 10.7. The van der Waals surface area contributed by atoms with Crippen molar-refractivity contribution in [3.05, 3.63) is 53.3 Å². The predicted molar refractivity (Wildman–Crippen MR) is 121 cm³/mol. The molecule has 2 saturated heterocycles. The van der Waals surface area contributed by atoms with Gasteiger partial charge in [-0.15, -0.1) is 0 Å². The highest BCUT2D eigenvalue weighted by Gasteiger charge is 2.25. The lowest BCUT2D eigenvalue weighted by atomic mass is 10.0. The lowest BCUT2D eigenvalue weighted by Crippen LogP contribution is -2.42. The Hall–Kier alpha value is -2.44. The largest absolute Gasteiger partial charge is 0.507 e. The maximum absolute atomic E-state index is 11.3. The number of benzene rings is 1. The summed E-state index contributed by atoms with van der Waals surface area (Å²) in [6.07, 6.45) is 9.63. The Morgan fingerprint density at radius 2 is 1.94 bits per heavy atom. The molecular weight excluding hydrogens is 390 g/mol. The number of aromatic hydroxyl groups is 1. The van der Waals surface area contributed by atoms with Gasteiger partial charge in [-0.3, -0.25) is 14.7 Å². The molecule has 2 aliphatic rings. The first kappa shape index (κ1) is 21.8. The fourth-order valence-corrected chi connectivity index (χ4v) is 4.75. The van der Waals surface area contributed by atoms with Gasteiger partial charge in [-0.05, 0) is 69.1 Å². The lowest BCUT2D eigenvalue weighted by molar-refractivity contribution is 0.0917. The molecule has 0 spiro atoms. The minimum absolute atomic E-state index is 0.0361. The topological polar surface area (TPSA) is 65.9 Å². The highest BCUT2D eigenvalue weighted by molar-refractivity contribution is 5.83. The van der Waals surface area contributed by atoms with Gasteiger partial charge in [-0.2, -0.15) is 0 Å². The van der Waals surface area contributed by atoms with Gasteiger partial charge in [-0.1, -0.05) is 18.6 Å². The molecule has 1 aromatic carbocycles. The van der Waals surface area contributed by atoms with Crippen molar-refractivity contribution in [2.45, 2.75) is 51.1 Å². The van der Waals surface area contributed by atoms with Crippen molar-refractivity contribution in [2.24, 2.45) is 0 Å². The van der Waals surface area contributed by atoms with Crippen LogP contribution in [0.15, 0.2) is 36.5 Å². The summed E-state index contributed by atoms with van der Waals surface area (Å²) in [6, 6.07) is 9.48. The molecule has 6 heteroatoms. The van der Waals surface area contributed by atoms with Crippen LogP contribution in [-0.2, 0) is 13.0 Å². The zero-order chi connectivity index (χ0) is 21.5. The molecule has 4 rings (SSSR count). The Kier molecular flexibility index (Phi) is 7.54. The molecule has 0 bridgehead atoms. The van der Waals surface area contributed by atoms with Crippen LogP contribution < -0.4 is 4.74 Å². The van der Waals surface area contributed by atoms with Gasteiger partial charge in [0.2, 0.25) is 0 Å². The number of carbonyl (C=O) groups is 1. The average molecular weight is 424 g/mol. The maximum Gasteiger partial charge on any atom is 0.157 e. The first-order valence-electron chi connectivity index (χ1n) is 11.5. The minimum Gasteiger partial charge on any atom is -0.507 e. The van der Waals surface area contributed by atoms with E-state index < -0.39 is 0 Å². The van der Waals surface area contributed by atoms with Crippen LogP contribution in [0.2, 0.25) is 0 Å². The molecule has 31 heavy (non-hydrogen) atoms. The van der Waals surface area contributed by atoms with Gasteiger partial charge in [0.1, 0.15) is 18.1 Å². The van der Waals surface area contributed by atoms with Crippen molar-refractivity contribution >= 4 is 6.29 Å². The molecule has 0 saturated carbocycles. The summed E-state index contributed by atoms with van der Waals surface area (Å²) in [5, 5.41) is 9.90. The summed E-state index contributed by atoms with van der Waals surface area (Å²) in [4.78, 5) is 21.1. The second-order valence-corrected chi connectivity index (χ2v) is 8.65. The first-order chi connectivity index (χ1) is 15.2. The first-order valence-corrected chi connectivity index (χ1v) is 11.5. The van der Waals surface area contributed by atoms with Crippen LogP contribution in [0.25, 0.3) is 0 Å². The van der Waals surface area contributed by atoms with Crippen LogP contribution in [0.1, 0.15) is 53.7 Å². The van der Waals surface area contributed by atoms with Gasteiger partial charge in [0, 0.05) is 37.4 Å². The smallest absolute Gasteiger partial charge is 0.157 e. The van der Waals surface area contributed by atoms with Crippen LogP contribution in [-0.4, -0.2) is 65.0 Å². The SMILES string of the molecule is O=Cc1c(O)cccc1OC[C@@H]1CCCCN1Cc1cccnc1CCN1CCCC1. The van der Waals surface area contributed by atoms with Crippen LogP contribution in [0.3, 0.4) is 0 Å². The van der Waals surface area contributed by atoms with Crippen LogP contribution in [0.4, 0.5) is 0 Å². The highest BCUT2D eigenvalue weighted by Crippen LogP contribution is 2.27. The van der Waals surface area contributed by atoms with Crippen molar-refractivity contribution in [1.82, 2.24) is 14.8 Å². The van der Waals surface area contributed by atoms with E-state index in [4.69, 9.17) is 9.72 Å². The van der Waals surface area contributed by atoms with Crippen molar-refractivity contribution in [3.8, 4) is 11.5 Å². The fourth-order valence-electron chi connectivity index (χ4n) is 4.75. The Morgan fingerprint density at radius 1 is 1.10 bits per heavy atom. The lowest BCUT2D eigenvalue weighted by Gasteiger charge is -2.36. The molecule has 1 atom stereocenters. The molecule has 2 aromatic rings. The number of carbonyl (C=O) groups excluding carboxylic acids is 1. The molecule has 0 amide bonds. The number of phenols is 1. The van der Waals surface area contributed by atoms with Gasteiger partial charge in [0.25, 0.3) is 0 Å².